The van der Waals surface area contributed by atoms with E-state index in [9.17, 15) is 0 Å². The van der Waals surface area contributed by atoms with Gasteiger partial charge in [0.05, 0.1) is 0 Å². The van der Waals surface area contributed by atoms with Gasteiger partial charge in [0.1, 0.15) is 5.75 Å². The van der Waals surface area contributed by atoms with Crippen molar-refractivity contribution in [3.8, 4) is 17.6 Å². The molecule has 0 radical (unpaired) electrons. The highest BCUT2D eigenvalue weighted by atomic mass is 16.5. The molecule has 0 spiro atoms. The van der Waals surface area contributed by atoms with Gasteiger partial charge in [-0.05, 0) is 26.0 Å². The number of ether oxygens (including phenoxy) is 1. The molecule has 0 bridgehead atoms. The summed E-state index contributed by atoms with van der Waals surface area (Å²) in [6, 6.07) is 9.70. The zero-order valence-electron chi connectivity index (χ0n) is 7.37. The predicted molar refractivity (Wildman–Crippen MR) is 50.0 cm³/mol. The van der Waals surface area contributed by atoms with Gasteiger partial charge in [0.25, 0.3) is 0 Å². The predicted octanol–water partition coefficient (Wildman–Crippen LogP) is 2.48. The van der Waals surface area contributed by atoms with E-state index in [0.29, 0.717) is 0 Å². The maximum Gasteiger partial charge on any atom is 0.156 e. The van der Waals surface area contributed by atoms with Crippen molar-refractivity contribution >= 4 is 0 Å². The van der Waals surface area contributed by atoms with Gasteiger partial charge >= 0.3 is 0 Å². The minimum absolute atomic E-state index is 0.0302. The number of rotatable bonds is 2. The molecule has 1 rings (SSSR count). The minimum Gasteiger partial charge on any atom is -0.478 e. The van der Waals surface area contributed by atoms with Gasteiger partial charge in [-0.3, -0.25) is 0 Å². The fraction of sp³-hybridized carbons (Fsp3) is 0.273. The van der Waals surface area contributed by atoms with Crippen LogP contribution in [0.15, 0.2) is 30.3 Å². The molecular weight excluding hydrogens is 148 g/mol. The number of hydrogen-bond donors (Lipinski definition) is 0. The Morgan fingerprint density at radius 2 is 1.92 bits per heavy atom. The van der Waals surface area contributed by atoms with E-state index in [1.165, 1.54) is 0 Å². The molecule has 1 nitrogen and oxygen atoms in total. The first-order valence-corrected chi connectivity index (χ1v) is 3.97. The molecule has 0 heterocycles. The normalized spacial score (nSPS) is 11.2. The van der Waals surface area contributed by atoms with Gasteiger partial charge < -0.3 is 4.74 Å². The molecule has 1 aromatic rings. The van der Waals surface area contributed by atoms with Crippen LogP contribution in [0.5, 0.6) is 5.75 Å². The van der Waals surface area contributed by atoms with Crippen LogP contribution in [0.4, 0.5) is 0 Å². The summed E-state index contributed by atoms with van der Waals surface area (Å²) in [6.07, 6.45) is -0.0302. The molecule has 1 aromatic carbocycles. The van der Waals surface area contributed by atoms with E-state index in [4.69, 9.17) is 4.74 Å². The fourth-order valence-electron chi connectivity index (χ4n) is 0.936. The first-order chi connectivity index (χ1) is 5.83. The Labute approximate surface area is 73.4 Å². The standard InChI is InChI=1S/C11H12O/c1-3-7-10(2)12-11-8-5-4-6-9-11/h4-6,8-10H,1-2H3. The van der Waals surface area contributed by atoms with Crippen LogP contribution in [0.3, 0.4) is 0 Å². The van der Waals surface area contributed by atoms with Crippen molar-refractivity contribution in [2.75, 3.05) is 0 Å². The van der Waals surface area contributed by atoms with E-state index in [1.54, 1.807) is 0 Å². The Kier molecular flexibility index (Phi) is 3.22. The lowest BCUT2D eigenvalue weighted by Gasteiger charge is -2.07. The lowest BCUT2D eigenvalue weighted by Crippen LogP contribution is -2.08. The molecule has 0 aromatic heterocycles. The second-order valence-electron chi connectivity index (χ2n) is 2.47. The summed E-state index contributed by atoms with van der Waals surface area (Å²) in [7, 11) is 0. The van der Waals surface area contributed by atoms with E-state index < -0.39 is 0 Å². The van der Waals surface area contributed by atoms with Gasteiger partial charge in [0.2, 0.25) is 0 Å². The fourth-order valence-corrected chi connectivity index (χ4v) is 0.936. The Balaban J connectivity index is 2.56. The third-order valence-electron chi connectivity index (χ3n) is 1.40. The van der Waals surface area contributed by atoms with E-state index >= 15 is 0 Å². The summed E-state index contributed by atoms with van der Waals surface area (Å²) in [6.45, 7) is 3.74. The van der Waals surface area contributed by atoms with Crippen molar-refractivity contribution < 1.29 is 4.74 Å². The summed E-state index contributed by atoms with van der Waals surface area (Å²) < 4.78 is 5.48. The minimum atomic E-state index is -0.0302. The zero-order valence-corrected chi connectivity index (χ0v) is 7.37. The molecule has 1 atom stereocenters. The van der Waals surface area contributed by atoms with Gasteiger partial charge in [-0.1, -0.05) is 24.1 Å². The van der Waals surface area contributed by atoms with E-state index in [-0.39, 0.29) is 6.10 Å². The summed E-state index contributed by atoms with van der Waals surface area (Å²) in [5.41, 5.74) is 0. The second kappa shape index (κ2) is 4.46. The highest BCUT2D eigenvalue weighted by Crippen LogP contribution is 2.09. The van der Waals surface area contributed by atoms with Crippen LogP contribution in [-0.4, -0.2) is 6.10 Å². The number of hydrogen-bond acceptors (Lipinski definition) is 1. The van der Waals surface area contributed by atoms with Crippen LogP contribution in [0.1, 0.15) is 13.8 Å². The van der Waals surface area contributed by atoms with Crippen molar-refractivity contribution in [1.82, 2.24) is 0 Å². The van der Waals surface area contributed by atoms with Crippen LogP contribution in [0.2, 0.25) is 0 Å². The lowest BCUT2D eigenvalue weighted by molar-refractivity contribution is 0.279. The molecule has 0 amide bonds. The molecule has 12 heavy (non-hydrogen) atoms. The summed E-state index contributed by atoms with van der Waals surface area (Å²) in [5.74, 6) is 6.60. The lowest BCUT2D eigenvalue weighted by atomic mass is 10.3. The average molecular weight is 160 g/mol. The molecule has 0 N–H and O–H groups in total. The average Bonchev–Trinajstić information content (AvgIpc) is 2.06. The van der Waals surface area contributed by atoms with Gasteiger partial charge in [-0.15, -0.1) is 5.92 Å². The Bertz CT molecular complexity index is 279. The SMILES string of the molecule is CC#CC(C)Oc1ccccc1. The highest BCUT2D eigenvalue weighted by molar-refractivity contribution is 5.22. The molecule has 0 aliphatic carbocycles. The summed E-state index contributed by atoms with van der Waals surface area (Å²) in [4.78, 5) is 0. The number of benzene rings is 1. The molecule has 0 saturated heterocycles. The van der Waals surface area contributed by atoms with Crippen molar-refractivity contribution in [2.24, 2.45) is 0 Å². The van der Waals surface area contributed by atoms with Crippen LogP contribution in [0.25, 0.3) is 0 Å². The number of para-hydroxylation sites is 1. The molecular formula is C11H12O. The monoisotopic (exact) mass is 160 g/mol. The van der Waals surface area contributed by atoms with Crippen molar-refractivity contribution in [3.63, 3.8) is 0 Å². The Morgan fingerprint density at radius 1 is 1.25 bits per heavy atom. The van der Waals surface area contributed by atoms with Crippen molar-refractivity contribution in [1.29, 1.82) is 0 Å². The smallest absolute Gasteiger partial charge is 0.156 e. The molecule has 1 heteroatoms. The maximum absolute atomic E-state index is 5.48. The largest absolute Gasteiger partial charge is 0.478 e. The third kappa shape index (κ3) is 2.67. The van der Waals surface area contributed by atoms with Crippen LogP contribution >= 0.6 is 0 Å². The van der Waals surface area contributed by atoms with E-state index in [1.807, 2.05) is 44.2 Å². The first kappa shape index (κ1) is 8.67. The Hall–Kier alpha value is -1.42. The second-order valence-corrected chi connectivity index (χ2v) is 2.47. The molecule has 1 unspecified atom stereocenters. The molecule has 62 valence electrons. The topological polar surface area (TPSA) is 9.23 Å². The van der Waals surface area contributed by atoms with Crippen LogP contribution in [-0.2, 0) is 0 Å². The van der Waals surface area contributed by atoms with E-state index in [2.05, 4.69) is 11.8 Å². The maximum atomic E-state index is 5.48. The van der Waals surface area contributed by atoms with E-state index in [0.717, 1.165) is 5.75 Å². The molecule has 0 aliphatic rings. The summed E-state index contributed by atoms with van der Waals surface area (Å²) >= 11 is 0. The molecule has 0 saturated carbocycles. The molecule has 0 fully saturated rings. The molecule has 0 aliphatic heterocycles. The first-order valence-electron chi connectivity index (χ1n) is 3.97. The van der Waals surface area contributed by atoms with Crippen LogP contribution in [0, 0.1) is 11.8 Å². The third-order valence-corrected chi connectivity index (χ3v) is 1.40. The zero-order chi connectivity index (χ0) is 8.81. The van der Waals surface area contributed by atoms with Gasteiger partial charge in [-0.2, -0.15) is 0 Å². The highest BCUT2D eigenvalue weighted by Gasteiger charge is 1.96. The van der Waals surface area contributed by atoms with Crippen molar-refractivity contribution in [2.45, 2.75) is 20.0 Å². The van der Waals surface area contributed by atoms with Gasteiger partial charge in [-0.25, -0.2) is 0 Å². The summed E-state index contributed by atoms with van der Waals surface area (Å²) in [5, 5.41) is 0. The Morgan fingerprint density at radius 3 is 2.50 bits per heavy atom. The van der Waals surface area contributed by atoms with Crippen LogP contribution < -0.4 is 4.74 Å². The van der Waals surface area contributed by atoms with Gasteiger partial charge in [0, 0.05) is 0 Å². The quantitative estimate of drug-likeness (QED) is 0.604. The van der Waals surface area contributed by atoms with Crippen molar-refractivity contribution in [3.05, 3.63) is 30.3 Å². The van der Waals surface area contributed by atoms with Gasteiger partial charge in [0.15, 0.2) is 6.10 Å².